The van der Waals surface area contributed by atoms with Crippen LogP contribution < -0.4 is 34.5 Å². The Hall–Kier alpha value is -0.400. The van der Waals surface area contributed by atoms with Gasteiger partial charge in [-0.05, 0) is 25.5 Å². The summed E-state index contributed by atoms with van der Waals surface area (Å²) in [5, 5.41) is 0. The summed E-state index contributed by atoms with van der Waals surface area (Å²) in [5.41, 5.74) is 1.06. The Balaban J connectivity index is 0.00000180. The van der Waals surface area contributed by atoms with Crippen LogP contribution in [0.5, 0.6) is 0 Å². The Kier molecular flexibility index (Phi) is 4.54. The third-order valence-corrected chi connectivity index (χ3v) is 4.30. The Bertz CT molecular complexity index is 634. The molecule has 0 saturated carbocycles. The van der Waals surface area contributed by atoms with Crippen LogP contribution in [-0.2, 0) is 20.3 Å². The van der Waals surface area contributed by atoms with E-state index in [9.17, 15) is 13.2 Å². The molecule has 0 aromatic heterocycles. The number of likely N-dealkylation sites (N-methyl/N-ethyl adjacent to an activating group) is 1. The maximum absolute atomic E-state index is 12.2. The zero-order chi connectivity index (χ0) is 13.7. The Labute approximate surface area is 136 Å². The van der Waals surface area contributed by atoms with Crippen molar-refractivity contribution in [1.82, 2.24) is 0 Å². The minimum atomic E-state index is -4.23. The molecular weight excluding hydrogens is 277 g/mol. The first-order valence-corrected chi connectivity index (χ1v) is 7.10. The molecule has 1 atom stereocenters. The molecule has 19 heavy (non-hydrogen) atoms. The van der Waals surface area contributed by atoms with Crippen LogP contribution in [0.1, 0.15) is 19.5 Å². The average molecular weight is 293 g/mol. The van der Waals surface area contributed by atoms with E-state index in [2.05, 4.69) is 0 Å². The zero-order valence-corrected chi connectivity index (χ0v) is 14.3. The van der Waals surface area contributed by atoms with Gasteiger partial charge in [0, 0.05) is 12.7 Å². The quantitative estimate of drug-likeness (QED) is 0.517. The number of carbonyl (C=O) groups is 1. The van der Waals surface area contributed by atoms with Crippen molar-refractivity contribution in [1.29, 1.82) is 0 Å². The molecule has 1 aromatic carbocycles. The van der Waals surface area contributed by atoms with Crippen molar-refractivity contribution in [3.63, 3.8) is 0 Å². The van der Waals surface area contributed by atoms with Gasteiger partial charge in [0.25, 0.3) is 10.1 Å². The Morgan fingerprint density at radius 3 is 2.53 bits per heavy atom. The first-order chi connectivity index (χ1) is 8.15. The van der Waals surface area contributed by atoms with Gasteiger partial charge in [-0.2, -0.15) is 8.42 Å². The van der Waals surface area contributed by atoms with Gasteiger partial charge < -0.3 is 6.33 Å². The van der Waals surface area contributed by atoms with Crippen LogP contribution in [0.4, 0.5) is 5.69 Å². The van der Waals surface area contributed by atoms with Gasteiger partial charge in [-0.3, -0.25) is 9.35 Å². The number of aryl methyl sites for hydroxylation is 1. The predicted octanol–water partition coefficient (Wildman–Crippen LogP) is -1.77. The Morgan fingerprint density at radius 2 is 2.00 bits per heavy atom. The van der Waals surface area contributed by atoms with Crippen molar-refractivity contribution in [3.8, 4) is 0 Å². The summed E-state index contributed by atoms with van der Waals surface area (Å²) < 4.78 is 31.3. The van der Waals surface area contributed by atoms with Crippen molar-refractivity contribution in [2.24, 2.45) is 0 Å². The normalized spacial score (nSPS) is 22.1. The predicted molar refractivity (Wildman–Crippen MR) is 69.5 cm³/mol. The fourth-order valence-electron chi connectivity index (χ4n) is 2.48. The second-order valence-corrected chi connectivity index (χ2v) is 6.40. The fourth-order valence-corrected chi connectivity index (χ4v) is 3.49. The van der Waals surface area contributed by atoms with Crippen LogP contribution in [0, 0.1) is 6.92 Å². The summed E-state index contributed by atoms with van der Waals surface area (Å²) >= 11 is 0. The van der Waals surface area contributed by atoms with Crippen LogP contribution in [0.2, 0.25) is 0 Å². The van der Waals surface area contributed by atoms with E-state index in [4.69, 9.17) is 4.55 Å². The van der Waals surface area contributed by atoms with Crippen LogP contribution >= 0.6 is 0 Å². The summed E-state index contributed by atoms with van der Waals surface area (Å²) in [6, 6.07) is 5.45. The Morgan fingerprint density at radius 1 is 1.42 bits per heavy atom. The van der Waals surface area contributed by atoms with Crippen LogP contribution in [0.25, 0.3) is 0 Å². The van der Waals surface area contributed by atoms with Gasteiger partial charge in [-0.25, -0.2) is 0 Å². The third kappa shape index (κ3) is 2.87. The van der Waals surface area contributed by atoms with E-state index in [0.717, 1.165) is 5.56 Å². The zero-order valence-electron chi connectivity index (χ0n) is 12.5. The second-order valence-electron chi connectivity index (χ2n) is 4.94. The summed E-state index contributed by atoms with van der Waals surface area (Å²) in [7, 11) is -2.62. The first kappa shape index (κ1) is 16.7. The molecular formula is C12H16NNaO4S. The number of amides is 1. The number of hydrogen-bond acceptors (Lipinski definition) is 3. The average Bonchev–Trinajstić information content (AvgIpc) is 2.39. The van der Waals surface area contributed by atoms with Crippen LogP contribution in [0.3, 0.4) is 0 Å². The molecule has 0 fully saturated rings. The van der Waals surface area contributed by atoms with Gasteiger partial charge in [-0.15, -0.1) is 0 Å². The standard InChI is InChI=1S/C12H15NO4S.Na.H/c1-8-4-5-10-9(6-8)12(2,7-18(15,16)17)11(14)13(10)3;;/h4-6H,7H2,1-3H3,(H,15,16,17);;/q;+1;-1. The van der Waals surface area contributed by atoms with Crippen molar-refractivity contribution in [2.75, 3.05) is 17.7 Å². The number of anilines is 1. The van der Waals surface area contributed by atoms with Crippen molar-refractivity contribution < 1.29 is 48.7 Å². The SMILES string of the molecule is Cc1ccc2c(c1)C(C)(CS(=O)(=O)O)C(=O)N2C.[H-].[Na+]. The minimum absolute atomic E-state index is 0. The van der Waals surface area contributed by atoms with Gasteiger partial charge in [0.1, 0.15) is 0 Å². The molecule has 0 radical (unpaired) electrons. The molecule has 0 spiro atoms. The molecule has 1 aliphatic rings. The van der Waals surface area contributed by atoms with Gasteiger partial charge in [0.05, 0.1) is 11.2 Å². The maximum Gasteiger partial charge on any atom is 1.00 e. The number of carbonyl (C=O) groups excluding carboxylic acids is 1. The van der Waals surface area contributed by atoms with E-state index >= 15 is 0 Å². The molecule has 1 aliphatic heterocycles. The number of rotatable bonds is 2. The van der Waals surface area contributed by atoms with Gasteiger partial charge in [0.2, 0.25) is 5.91 Å². The molecule has 7 heteroatoms. The smallest absolute Gasteiger partial charge is 1.00 e. The largest absolute Gasteiger partial charge is 1.00 e. The fraction of sp³-hybridized carbons (Fsp3) is 0.417. The third-order valence-electron chi connectivity index (χ3n) is 3.36. The van der Waals surface area contributed by atoms with E-state index < -0.39 is 21.3 Å². The summed E-state index contributed by atoms with van der Waals surface area (Å²) in [6.07, 6.45) is 0. The van der Waals surface area contributed by atoms with E-state index in [-0.39, 0.29) is 36.9 Å². The molecule has 1 unspecified atom stereocenters. The van der Waals surface area contributed by atoms with E-state index in [1.807, 2.05) is 13.0 Å². The number of nitrogens with zero attached hydrogens (tertiary/aromatic N) is 1. The monoisotopic (exact) mass is 293 g/mol. The molecule has 1 heterocycles. The van der Waals surface area contributed by atoms with E-state index in [1.165, 1.54) is 4.90 Å². The molecule has 1 aromatic rings. The number of hydrogen-bond donors (Lipinski definition) is 1. The summed E-state index contributed by atoms with van der Waals surface area (Å²) in [5.74, 6) is -0.916. The van der Waals surface area contributed by atoms with Gasteiger partial charge in [-0.1, -0.05) is 17.7 Å². The molecule has 2 rings (SSSR count). The maximum atomic E-state index is 12.2. The number of benzene rings is 1. The second kappa shape index (κ2) is 5.18. The van der Waals surface area contributed by atoms with Gasteiger partial charge in [0.15, 0.2) is 0 Å². The molecule has 0 saturated heterocycles. The van der Waals surface area contributed by atoms with Crippen LogP contribution in [0.15, 0.2) is 18.2 Å². The summed E-state index contributed by atoms with van der Waals surface area (Å²) in [6.45, 7) is 3.42. The molecule has 0 aliphatic carbocycles. The van der Waals surface area contributed by atoms with Crippen molar-refractivity contribution in [2.45, 2.75) is 19.3 Å². The summed E-state index contributed by atoms with van der Waals surface area (Å²) in [4.78, 5) is 13.7. The molecule has 1 amide bonds. The molecule has 0 bridgehead atoms. The van der Waals surface area contributed by atoms with E-state index in [1.54, 1.807) is 26.1 Å². The molecule has 100 valence electrons. The van der Waals surface area contributed by atoms with Crippen LogP contribution in [-0.4, -0.2) is 31.7 Å². The minimum Gasteiger partial charge on any atom is -1.00 e. The molecule has 1 N–H and O–H groups in total. The van der Waals surface area contributed by atoms with Crippen molar-refractivity contribution in [3.05, 3.63) is 29.3 Å². The van der Waals surface area contributed by atoms with Gasteiger partial charge >= 0.3 is 29.6 Å². The first-order valence-electron chi connectivity index (χ1n) is 5.49. The molecule has 5 nitrogen and oxygen atoms in total. The number of fused-ring (bicyclic) bond motifs is 1. The van der Waals surface area contributed by atoms with Crippen molar-refractivity contribution >= 4 is 21.7 Å². The topological polar surface area (TPSA) is 74.7 Å². The van der Waals surface area contributed by atoms with E-state index in [0.29, 0.717) is 11.3 Å².